The molecule has 0 fully saturated rings. The molecule has 0 unspecified atom stereocenters. The van der Waals surface area contributed by atoms with Gasteiger partial charge in [0.15, 0.2) is 0 Å². The first-order chi connectivity index (χ1) is 19.1. The normalized spacial score (nSPS) is 10.9. The Morgan fingerprint density at radius 1 is 0.667 bits per heavy atom. The van der Waals surface area contributed by atoms with Crippen LogP contribution in [-0.4, -0.2) is 17.4 Å². The van der Waals surface area contributed by atoms with Crippen molar-refractivity contribution >= 4 is 22.4 Å². The van der Waals surface area contributed by atoms with Crippen LogP contribution in [0.15, 0.2) is 121 Å². The molecule has 0 atom stereocenters. The predicted octanol–water partition coefficient (Wildman–Crippen LogP) is 8.41. The van der Waals surface area contributed by atoms with Crippen molar-refractivity contribution in [2.45, 2.75) is 39.9 Å². The van der Waals surface area contributed by atoms with Gasteiger partial charge in [0.05, 0.1) is 0 Å². The number of hydrogen-bond donors (Lipinski definition) is 0. The van der Waals surface area contributed by atoms with E-state index in [2.05, 4.69) is 110 Å². The highest BCUT2D eigenvalue weighted by molar-refractivity contribution is 6.07. The third-order valence-corrected chi connectivity index (χ3v) is 7.29. The Labute approximate surface area is 232 Å². The summed E-state index contributed by atoms with van der Waals surface area (Å²) in [5, 5.41) is 2.10. The van der Waals surface area contributed by atoms with E-state index >= 15 is 0 Å². The minimum Gasteiger partial charge on any atom is -0.363 e. The molecule has 5 rings (SSSR count). The second kappa shape index (κ2) is 12.4. The number of aryl methyl sites for hydroxylation is 1. The summed E-state index contributed by atoms with van der Waals surface area (Å²) >= 11 is 0. The number of hydrogen-bond acceptors (Lipinski definition) is 2. The smallest absolute Gasteiger partial charge is 0.254 e. The molecule has 5 aromatic rings. The number of anilines is 1. The monoisotopic (exact) mass is 512 g/mol. The minimum absolute atomic E-state index is 0.0897. The van der Waals surface area contributed by atoms with E-state index in [-0.39, 0.29) is 5.91 Å². The van der Waals surface area contributed by atoms with E-state index in [1.807, 2.05) is 35.2 Å². The summed E-state index contributed by atoms with van der Waals surface area (Å²) in [5.41, 5.74) is 6.90. The first-order valence-corrected chi connectivity index (χ1v) is 13.8. The lowest BCUT2D eigenvalue weighted by atomic mass is 10.0. The maximum Gasteiger partial charge on any atom is 0.254 e. The highest BCUT2D eigenvalue weighted by atomic mass is 16.2. The molecule has 0 heterocycles. The third kappa shape index (κ3) is 6.38. The maximum absolute atomic E-state index is 13.8. The molecule has 1 amide bonds. The van der Waals surface area contributed by atoms with Crippen molar-refractivity contribution < 1.29 is 4.79 Å². The molecule has 0 aromatic heterocycles. The summed E-state index contributed by atoms with van der Waals surface area (Å²) in [6, 6.07) is 42.0. The van der Waals surface area contributed by atoms with Crippen LogP contribution in [0.25, 0.3) is 10.8 Å². The van der Waals surface area contributed by atoms with Crippen LogP contribution in [0.4, 0.5) is 5.69 Å². The average molecular weight is 513 g/mol. The second-order valence-corrected chi connectivity index (χ2v) is 10.2. The van der Waals surface area contributed by atoms with E-state index in [9.17, 15) is 4.79 Å². The van der Waals surface area contributed by atoms with Crippen molar-refractivity contribution in [2.75, 3.05) is 11.4 Å². The molecule has 3 heteroatoms. The summed E-state index contributed by atoms with van der Waals surface area (Å²) in [7, 11) is 0. The van der Waals surface area contributed by atoms with Crippen molar-refractivity contribution in [3.8, 4) is 0 Å². The highest BCUT2D eigenvalue weighted by Crippen LogP contribution is 2.26. The zero-order chi connectivity index (χ0) is 27.0. The number of carbonyl (C=O) groups excluding carboxylic acids is 1. The van der Waals surface area contributed by atoms with Gasteiger partial charge in [0.25, 0.3) is 5.91 Å². The molecule has 0 aliphatic rings. The summed E-state index contributed by atoms with van der Waals surface area (Å²) in [6.45, 7) is 7.27. The van der Waals surface area contributed by atoms with Gasteiger partial charge in [-0.15, -0.1) is 0 Å². The van der Waals surface area contributed by atoms with Gasteiger partial charge in [0, 0.05) is 37.4 Å². The number of nitrogens with zero attached hydrogens (tertiary/aromatic N) is 2. The van der Waals surface area contributed by atoms with Crippen molar-refractivity contribution in [3.63, 3.8) is 0 Å². The zero-order valence-corrected chi connectivity index (χ0v) is 22.9. The van der Waals surface area contributed by atoms with Crippen LogP contribution < -0.4 is 4.90 Å². The second-order valence-electron chi connectivity index (χ2n) is 10.2. The first kappa shape index (κ1) is 26.2. The van der Waals surface area contributed by atoms with Crippen LogP contribution in [0.1, 0.15) is 46.0 Å². The number of fused-ring (bicyclic) bond motifs is 1. The average Bonchev–Trinajstić information content (AvgIpc) is 2.98. The van der Waals surface area contributed by atoms with Gasteiger partial charge in [-0.25, -0.2) is 0 Å². The Bertz CT molecular complexity index is 1480. The molecule has 0 aliphatic heterocycles. The maximum atomic E-state index is 13.8. The van der Waals surface area contributed by atoms with Crippen molar-refractivity contribution in [1.29, 1.82) is 0 Å². The molecule has 0 aliphatic carbocycles. The van der Waals surface area contributed by atoms with Crippen LogP contribution in [0.5, 0.6) is 0 Å². The fraction of sp³-hybridized carbons (Fsp3) is 0.194. The van der Waals surface area contributed by atoms with E-state index in [1.165, 1.54) is 27.9 Å². The molecule has 0 saturated heterocycles. The Morgan fingerprint density at radius 2 is 1.28 bits per heavy atom. The van der Waals surface area contributed by atoms with Crippen LogP contribution in [-0.2, 0) is 19.6 Å². The molecule has 3 nitrogen and oxygen atoms in total. The summed E-state index contributed by atoms with van der Waals surface area (Å²) in [6.07, 6.45) is 0.912. The number of amides is 1. The van der Waals surface area contributed by atoms with E-state index in [0.717, 1.165) is 42.4 Å². The standard InChI is InChI=1S/C36H36N2O/c1-3-23-37(36(39)35-20-12-18-31-17-10-11-19-34(31)35)27-32-21-22-33(24-28(32)2)38(25-29-13-6-4-7-14-29)26-30-15-8-5-9-16-30/h4-22,24H,3,23,25-27H2,1-2H3. The van der Waals surface area contributed by atoms with E-state index in [1.54, 1.807) is 0 Å². The Balaban J connectivity index is 1.41. The van der Waals surface area contributed by atoms with Crippen LogP contribution >= 0.6 is 0 Å². The van der Waals surface area contributed by atoms with Gasteiger partial charge in [-0.3, -0.25) is 4.79 Å². The number of benzene rings is 5. The lowest BCUT2D eigenvalue weighted by Crippen LogP contribution is -2.31. The zero-order valence-electron chi connectivity index (χ0n) is 22.9. The van der Waals surface area contributed by atoms with Crippen molar-refractivity contribution in [3.05, 3.63) is 149 Å². The van der Waals surface area contributed by atoms with Gasteiger partial charge in [0.1, 0.15) is 0 Å². The van der Waals surface area contributed by atoms with E-state index in [4.69, 9.17) is 0 Å². The fourth-order valence-corrected chi connectivity index (χ4v) is 5.21. The summed E-state index contributed by atoms with van der Waals surface area (Å²) < 4.78 is 0. The summed E-state index contributed by atoms with van der Waals surface area (Å²) in [5.74, 6) is 0.0897. The lowest BCUT2D eigenvalue weighted by Gasteiger charge is -2.27. The molecular formula is C36H36N2O. The molecule has 5 aromatic carbocycles. The van der Waals surface area contributed by atoms with Crippen molar-refractivity contribution in [2.24, 2.45) is 0 Å². The number of rotatable bonds is 10. The molecule has 0 radical (unpaired) electrons. The third-order valence-electron chi connectivity index (χ3n) is 7.29. The van der Waals surface area contributed by atoms with Gasteiger partial charge in [0.2, 0.25) is 0 Å². The molecule has 39 heavy (non-hydrogen) atoms. The molecule has 196 valence electrons. The fourth-order valence-electron chi connectivity index (χ4n) is 5.21. The summed E-state index contributed by atoms with van der Waals surface area (Å²) in [4.78, 5) is 18.2. The van der Waals surface area contributed by atoms with Crippen molar-refractivity contribution in [1.82, 2.24) is 4.90 Å². The molecule has 0 N–H and O–H groups in total. The predicted molar refractivity (Wildman–Crippen MR) is 163 cm³/mol. The van der Waals surface area contributed by atoms with Gasteiger partial charge in [-0.2, -0.15) is 0 Å². The quantitative estimate of drug-likeness (QED) is 0.188. The minimum atomic E-state index is 0.0897. The topological polar surface area (TPSA) is 23.6 Å². The SMILES string of the molecule is CCCN(Cc1ccc(N(Cc2ccccc2)Cc2ccccc2)cc1C)C(=O)c1cccc2ccccc12. The van der Waals surface area contributed by atoms with Gasteiger partial charge >= 0.3 is 0 Å². The largest absolute Gasteiger partial charge is 0.363 e. The van der Waals surface area contributed by atoms with Gasteiger partial charge in [-0.1, -0.05) is 110 Å². The van der Waals surface area contributed by atoms with Gasteiger partial charge in [-0.05, 0) is 64.6 Å². The molecule has 0 spiro atoms. The van der Waals surface area contributed by atoms with Crippen LogP contribution in [0.3, 0.4) is 0 Å². The van der Waals surface area contributed by atoms with Crippen LogP contribution in [0.2, 0.25) is 0 Å². The molecular weight excluding hydrogens is 476 g/mol. The first-order valence-electron chi connectivity index (χ1n) is 13.8. The van der Waals surface area contributed by atoms with Gasteiger partial charge < -0.3 is 9.80 Å². The highest BCUT2D eigenvalue weighted by Gasteiger charge is 2.19. The van der Waals surface area contributed by atoms with Crippen LogP contribution in [0, 0.1) is 6.92 Å². The van der Waals surface area contributed by atoms with E-state index < -0.39 is 0 Å². The Morgan fingerprint density at radius 3 is 1.92 bits per heavy atom. The number of carbonyl (C=O) groups is 1. The Kier molecular flexibility index (Phi) is 8.38. The molecule has 0 saturated carbocycles. The van der Waals surface area contributed by atoms with E-state index in [0.29, 0.717) is 6.54 Å². The Hall–Kier alpha value is -4.37. The molecule has 0 bridgehead atoms. The lowest BCUT2D eigenvalue weighted by molar-refractivity contribution is 0.0745.